The van der Waals surface area contributed by atoms with Crippen LogP contribution in [0.15, 0.2) is 47.4 Å². The standard InChI is InChI=1S/C16H18N2O5S/c1-11(16(20)21)18-15(19)8-9-17-24(22,23)14-7-6-12-4-2-3-5-13(12)10-14/h2-7,10-11,17H,8-9H2,1H3,(H,18,19)(H,20,21). The Hall–Kier alpha value is -2.45. The first-order valence-electron chi connectivity index (χ1n) is 7.30. The molecule has 0 aromatic heterocycles. The smallest absolute Gasteiger partial charge is 0.325 e. The first kappa shape index (κ1) is 17.9. The van der Waals surface area contributed by atoms with E-state index in [1.807, 2.05) is 24.3 Å². The highest BCUT2D eigenvalue weighted by molar-refractivity contribution is 7.89. The fourth-order valence-corrected chi connectivity index (χ4v) is 3.16. The first-order valence-corrected chi connectivity index (χ1v) is 8.78. The number of carboxylic acid groups (broad SMARTS) is 1. The van der Waals surface area contributed by atoms with Crippen molar-refractivity contribution in [2.75, 3.05) is 6.54 Å². The van der Waals surface area contributed by atoms with Crippen molar-refractivity contribution in [2.45, 2.75) is 24.3 Å². The molecule has 0 aliphatic rings. The lowest BCUT2D eigenvalue weighted by Crippen LogP contribution is -2.39. The summed E-state index contributed by atoms with van der Waals surface area (Å²) in [6, 6.07) is 11.1. The quantitative estimate of drug-likeness (QED) is 0.692. The molecule has 0 radical (unpaired) electrons. The molecule has 128 valence electrons. The third kappa shape index (κ3) is 4.53. The van der Waals surface area contributed by atoms with E-state index in [1.54, 1.807) is 12.1 Å². The number of hydrogen-bond donors (Lipinski definition) is 3. The number of carbonyl (C=O) groups excluding carboxylic acids is 1. The molecule has 3 N–H and O–H groups in total. The van der Waals surface area contributed by atoms with Gasteiger partial charge in [-0.3, -0.25) is 9.59 Å². The number of aliphatic carboxylic acids is 1. The molecule has 8 heteroatoms. The zero-order valence-electron chi connectivity index (χ0n) is 13.0. The molecule has 0 heterocycles. The Labute approximate surface area is 139 Å². The minimum atomic E-state index is -3.74. The summed E-state index contributed by atoms with van der Waals surface area (Å²) in [7, 11) is -3.74. The predicted octanol–water partition coefficient (Wildman–Crippen LogP) is 1.10. The Morgan fingerprint density at radius 2 is 1.79 bits per heavy atom. The van der Waals surface area contributed by atoms with Crippen LogP contribution in [0.5, 0.6) is 0 Å². The maximum absolute atomic E-state index is 12.3. The molecule has 7 nitrogen and oxygen atoms in total. The lowest BCUT2D eigenvalue weighted by molar-refractivity contribution is -0.141. The summed E-state index contributed by atoms with van der Waals surface area (Å²) < 4.78 is 26.8. The number of nitrogens with one attached hydrogen (secondary N) is 2. The molecular formula is C16H18N2O5S. The van der Waals surface area contributed by atoms with Gasteiger partial charge in [0.05, 0.1) is 4.90 Å². The maximum Gasteiger partial charge on any atom is 0.325 e. The van der Waals surface area contributed by atoms with Crippen molar-refractivity contribution in [2.24, 2.45) is 0 Å². The van der Waals surface area contributed by atoms with Crippen LogP contribution < -0.4 is 10.0 Å². The Bertz CT molecular complexity index is 864. The lowest BCUT2D eigenvalue weighted by atomic mass is 10.1. The van der Waals surface area contributed by atoms with Crippen molar-refractivity contribution in [3.8, 4) is 0 Å². The summed E-state index contributed by atoms with van der Waals surface area (Å²) in [5, 5.41) is 12.7. The summed E-state index contributed by atoms with van der Waals surface area (Å²) >= 11 is 0. The molecule has 0 saturated heterocycles. The molecule has 0 spiro atoms. The van der Waals surface area contributed by atoms with E-state index >= 15 is 0 Å². The van der Waals surface area contributed by atoms with Gasteiger partial charge in [0, 0.05) is 13.0 Å². The van der Waals surface area contributed by atoms with Crippen molar-refractivity contribution >= 4 is 32.7 Å². The first-order chi connectivity index (χ1) is 11.3. The van der Waals surface area contributed by atoms with Crippen molar-refractivity contribution in [3.05, 3.63) is 42.5 Å². The molecule has 0 aliphatic carbocycles. The molecular weight excluding hydrogens is 332 g/mol. The largest absolute Gasteiger partial charge is 0.480 e. The number of carboxylic acids is 1. The number of carbonyl (C=O) groups is 2. The van der Waals surface area contributed by atoms with Crippen molar-refractivity contribution in [1.29, 1.82) is 0 Å². The van der Waals surface area contributed by atoms with Crippen molar-refractivity contribution in [1.82, 2.24) is 10.0 Å². The van der Waals surface area contributed by atoms with Gasteiger partial charge in [0.25, 0.3) is 0 Å². The molecule has 1 atom stereocenters. The summed E-state index contributed by atoms with van der Waals surface area (Å²) in [6.45, 7) is 1.22. The van der Waals surface area contributed by atoms with E-state index in [-0.39, 0.29) is 17.9 Å². The zero-order valence-corrected chi connectivity index (χ0v) is 13.8. The van der Waals surface area contributed by atoms with Crippen LogP contribution in [-0.2, 0) is 19.6 Å². The second-order valence-corrected chi connectivity index (χ2v) is 7.05. The van der Waals surface area contributed by atoms with Gasteiger partial charge in [0.15, 0.2) is 0 Å². The highest BCUT2D eigenvalue weighted by atomic mass is 32.2. The molecule has 0 aliphatic heterocycles. The van der Waals surface area contributed by atoms with Crippen LogP contribution in [0.4, 0.5) is 0 Å². The normalized spacial score (nSPS) is 12.7. The van der Waals surface area contributed by atoms with Crippen LogP contribution in [0.2, 0.25) is 0 Å². The van der Waals surface area contributed by atoms with Crippen LogP contribution in [0.1, 0.15) is 13.3 Å². The minimum Gasteiger partial charge on any atom is -0.480 e. The minimum absolute atomic E-state index is 0.112. The molecule has 0 bridgehead atoms. The average molecular weight is 350 g/mol. The molecule has 1 unspecified atom stereocenters. The second-order valence-electron chi connectivity index (χ2n) is 5.28. The fourth-order valence-electron chi connectivity index (χ4n) is 2.09. The van der Waals surface area contributed by atoms with Gasteiger partial charge < -0.3 is 10.4 Å². The van der Waals surface area contributed by atoms with Crippen LogP contribution >= 0.6 is 0 Å². The van der Waals surface area contributed by atoms with Crippen molar-refractivity contribution < 1.29 is 23.1 Å². The summed E-state index contributed by atoms with van der Waals surface area (Å²) in [6.07, 6.45) is -0.148. The van der Waals surface area contributed by atoms with E-state index in [9.17, 15) is 18.0 Å². The average Bonchev–Trinajstić information content (AvgIpc) is 2.54. The Kier molecular flexibility index (Phi) is 5.53. The third-order valence-electron chi connectivity index (χ3n) is 3.42. The van der Waals surface area contributed by atoms with E-state index in [0.29, 0.717) is 0 Å². The number of fused-ring (bicyclic) bond motifs is 1. The SMILES string of the molecule is CC(NC(=O)CCNS(=O)(=O)c1ccc2ccccc2c1)C(=O)O. The Balaban J connectivity index is 1.97. The molecule has 1 amide bonds. The van der Waals surface area contributed by atoms with Gasteiger partial charge in [0.2, 0.25) is 15.9 Å². The van der Waals surface area contributed by atoms with Gasteiger partial charge in [-0.2, -0.15) is 0 Å². The van der Waals surface area contributed by atoms with E-state index < -0.39 is 27.9 Å². The van der Waals surface area contributed by atoms with E-state index in [1.165, 1.54) is 13.0 Å². The number of hydrogen-bond acceptors (Lipinski definition) is 4. The monoisotopic (exact) mass is 350 g/mol. The topological polar surface area (TPSA) is 113 Å². The van der Waals surface area contributed by atoms with E-state index in [0.717, 1.165) is 10.8 Å². The molecule has 24 heavy (non-hydrogen) atoms. The molecule has 0 saturated carbocycles. The molecule has 0 fully saturated rings. The van der Waals surface area contributed by atoms with Gasteiger partial charge in [-0.25, -0.2) is 13.1 Å². The van der Waals surface area contributed by atoms with Gasteiger partial charge >= 0.3 is 5.97 Å². The van der Waals surface area contributed by atoms with E-state index in [4.69, 9.17) is 5.11 Å². The number of benzene rings is 2. The Morgan fingerprint density at radius 1 is 1.12 bits per heavy atom. The second kappa shape index (κ2) is 7.41. The number of rotatable bonds is 7. The third-order valence-corrected chi connectivity index (χ3v) is 4.88. The van der Waals surface area contributed by atoms with Crippen LogP contribution in [-0.4, -0.2) is 38.0 Å². The van der Waals surface area contributed by atoms with Crippen LogP contribution in [0.3, 0.4) is 0 Å². The lowest BCUT2D eigenvalue weighted by Gasteiger charge is -2.10. The van der Waals surface area contributed by atoms with E-state index in [2.05, 4.69) is 10.0 Å². The molecule has 2 aromatic rings. The van der Waals surface area contributed by atoms with Crippen LogP contribution in [0, 0.1) is 0 Å². The van der Waals surface area contributed by atoms with Gasteiger partial charge in [-0.1, -0.05) is 30.3 Å². The van der Waals surface area contributed by atoms with Gasteiger partial charge in [-0.05, 0) is 29.8 Å². The number of sulfonamides is 1. The van der Waals surface area contributed by atoms with Gasteiger partial charge in [0.1, 0.15) is 6.04 Å². The predicted molar refractivity (Wildman–Crippen MR) is 89.0 cm³/mol. The summed E-state index contributed by atoms with van der Waals surface area (Å²) in [5.74, 6) is -1.69. The number of amides is 1. The zero-order chi connectivity index (χ0) is 17.7. The maximum atomic E-state index is 12.3. The summed E-state index contributed by atoms with van der Waals surface area (Å²) in [5.41, 5.74) is 0. The molecule has 2 rings (SSSR count). The van der Waals surface area contributed by atoms with Gasteiger partial charge in [-0.15, -0.1) is 0 Å². The highest BCUT2D eigenvalue weighted by Gasteiger charge is 2.16. The Morgan fingerprint density at radius 3 is 2.46 bits per heavy atom. The van der Waals surface area contributed by atoms with Crippen molar-refractivity contribution in [3.63, 3.8) is 0 Å². The summed E-state index contributed by atoms with van der Waals surface area (Å²) in [4.78, 5) is 22.3. The fraction of sp³-hybridized carbons (Fsp3) is 0.250. The highest BCUT2D eigenvalue weighted by Crippen LogP contribution is 2.18. The van der Waals surface area contributed by atoms with Crippen LogP contribution in [0.25, 0.3) is 10.8 Å². The molecule has 2 aromatic carbocycles.